The molecule has 0 aliphatic carbocycles. The number of amidine groups is 1. The number of fused-ring (bicyclic) bond motifs is 1. The highest BCUT2D eigenvalue weighted by Gasteiger charge is 2.23. The minimum Gasteiger partial charge on any atom is -0.256 e. The second-order valence-electron chi connectivity index (χ2n) is 6.39. The molecule has 0 fully saturated rings. The normalized spacial score (nSPS) is 13.6. The number of hydrogen-bond acceptors (Lipinski definition) is 2. The van der Waals surface area contributed by atoms with Crippen LogP contribution < -0.4 is 5.32 Å². The Morgan fingerprint density at radius 1 is 0.556 bits per heavy atom. The van der Waals surface area contributed by atoms with E-state index in [2.05, 4.69) is 41.4 Å². The standard InChI is InChI=1S/C24H16N3/c1-3-8-17(9-4-1)22-23(18-10-5-2-6-11-18)27-24(26-22)20-13-14-21-19(16-20)12-7-15-25-21/h1-16H. The molecule has 0 atom stereocenters. The second-order valence-corrected chi connectivity index (χ2v) is 6.39. The number of nitrogens with zero attached hydrogens (tertiary/aromatic N) is 3. The van der Waals surface area contributed by atoms with Crippen LogP contribution in [0.5, 0.6) is 0 Å². The minimum absolute atomic E-state index is 0.735. The van der Waals surface area contributed by atoms with Crippen molar-refractivity contribution in [3.8, 4) is 0 Å². The summed E-state index contributed by atoms with van der Waals surface area (Å²) in [4.78, 5) is 9.30. The van der Waals surface area contributed by atoms with Crippen LogP contribution in [-0.4, -0.2) is 10.8 Å². The molecule has 1 aliphatic heterocycles. The van der Waals surface area contributed by atoms with E-state index < -0.39 is 0 Å². The summed E-state index contributed by atoms with van der Waals surface area (Å²) in [6, 6.07) is 30.6. The Morgan fingerprint density at radius 2 is 1.26 bits per heavy atom. The smallest absolute Gasteiger partial charge is 0.160 e. The molecule has 0 spiro atoms. The SMILES string of the molecule is c1ccc(C2=C(c3ccccc3)N=C(c3ccc4ncccc4c3)[N]2)cc1. The van der Waals surface area contributed by atoms with Crippen LogP contribution in [0.15, 0.2) is 102 Å². The van der Waals surface area contributed by atoms with Gasteiger partial charge in [0.15, 0.2) is 5.84 Å². The quantitative estimate of drug-likeness (QED) is 0.507. The molecule has 0 saturated carbocycles. The van der Waals surface area contributed by atoms with E-state index in [1.807, 2.05) is 60.8 Å². The molecule has 3 nitrogen and oxygen atoms in total. The zero-order valence-electron chi connectivity index (χ0n) is 14.6. The summed E-state index contributed by atoms with van der Waals surface area (Å²) in [6.07, 6.45) is 1.81. The lowest BCUT2D eigenvalue weighted by Gasteiger charge is -2.06. The van der Waals surface area contributed by atoms with Crippen LogP contribution in [-0.2, 0) is 0 Å². The molecular formula is C24H16N3. The molecule has 1 aliphatic rings. The van der Waals surface area contributed by atoms with Gasteiger partial charge in [0.25, 0.3) is 0 Å². The Hall–Kier alpha value is -3.72. The van der Waals surface area contributed by atoms with Crippen LogP contribution in [0, 0.1) is 0 Å². The fourth-order valence-corrected chi connectivity index (χ4v) is 3.28. The fourth-order valence-electron chi connectivity index (χ4n) is 3.28. The Labute approximate surface area is 157 Å². The van der Waals surface area contributed by atoms with Crippen molar-refractivity contribution >= 4 is 28.1 Å². The van der Waals surface area contributed by atoms with Crippen molar-refractivity contribution in [3.63, 3.8) is 0 Å². The molecule has 1 radical (unpaired) electrons. The van der Waals surface area contributed by atoms with E-state index in [4.69, 9.17) is 10.3 Å². The Balaban J connectivity index is 1.62. The predicted octanol–water partition coefficient (Wildman–Crippen LogP) is 5.13. The summed E-state index contributed by atoms with van der Waals surface area (Å²) in [5.74, 6) is 0.735. The van der Waals surface area contributed by atoms with Gasteiger partial charge in [0, 0.05) is 28.3 Å². The number of aromatic nitrogens is 1. The van der Waals surface area contributed by atoms with Crippen LogP contribution in [0.3, 0.4) is 0 Å². The summed E-state index contributed by atoms with van der Waals surface area (Å²) in [5.41, 5.74) is 5.91. The molecule has 0 unspecified atom stereocenters. The van der Waals surface area contributed by atoms with E-state index in [0.29, 0.717) is 0 Å². The lowest BCUT2D eigenvalue weighted by molar-refractivity contribution is 1.30. The molecule has 5 rings (SSSR count). The molecule has 4 aromatic rings. The first-order chi connectivity index (χ1) is 13.4. The van der Waals surface area contributed by atoms with Crippen molar-refractivity contribution < 1.29 is 0 Å². The van der Waals surface area contributed by atoms with Gasteiger partial charge in [-0.15, -0.1) is 0 Å². The molecule has 0 N–H and O–H groups in total. The van der Waals surface area contributed by atoms with Crippen molar-refractivity contribution in [1.29, 1.82) is 0 Å². The monoisotopic (exact) mass is 346 g/mol. The van der Waals surface area contributed by atoms with E-state index in [1.165, 1.54) is 0 Å². The molecule has 1 aromatic heterocycles. The van der Waals surface area contributed by atoms with Gasteiger partial charge in [0.1, 0.15) is 0 Å². The highest BCUT2D eigenvalue weighted by atomic mass is 15.1. The lowest BCUT2D eigenvalue weighted by atomic mass is 10.1. The van der Waals surface area contributed by atoms with Crippen molar-refractivity contribution in [2.75, 3.05) is 0 Å². The molecule has 3 heteroatoms. The van der Waals surface area contributed by atoms with E-state index in [-0.39, 0.29) is 0 Å². The maximum absolute atomic E-state index is 4.90. The maximum atomic E-state index is 4.90. The molecule has 27 heavy (non-hydrogen) atoms. The fraction of sp³-hybridized carbons (Fsp3) is 0. The van der Waals surface area contributed by atoms with Gasteiger partial charge in [-0.3, -0.25) is 4.98 Å². The van der Waals surface area contributed by atoms with Crippen LogP contribution in [0.25, 0.3) is 22.3 Å². The molecule has 0 bridgehead atoms. The second kappa shape index (κ2) is 6.54. The first-order valence-corrected chi connectivity index (χ1v) is 8.89. The van der Waals surface area contributed by atoms with E-state index in [0.717, 1.165) is 44.8 Å². The van der Waals surface area contributed by atoms with Crippen LogP contribution in [0.1, 0.15) is 16.7 Å². The van der Waals surface area contributed by atoms with Crippen molar-refractivity contribution in [1.82, 2.24) is 10.3 Å². The van der Waals surface area contributed by atoms with Gasteiger partial charge < -0.3 is 0 Å². The van der Waals surface area contributed by atoms with E-state index in [9.17, 15) is 0 Å². The van der Waals surface area contributed by atoms with Crippen molar-refractivity contribution in [2.24, 2.45) is 4.99 Å². The lowest BCUT2D eigenvalue weighted by Crippen LogP contribution is -2.11. The van der Waals surface area contributed by atoms with Gasteiger partial charge in [0.05, 0.1) is 16.9 Å². The highest BCUT2D eigenvalue weighted by Crippen LogP contribution is 2.32. The average Bonchev–Trinajstić information content (AvgIpc) is 3.20. The van der Waals surface area contributed by atoms with E-state index in [1.54, 1.807) is 0 Å². The summed E-state index contributed by atoms with van der Waals surface area (Å²) in [5, 5.41) is 5.99. The van der Waals surface area contributed by atoms with Crippen LogP contribution >= 0.6 is 0 Å². The first kappa shape index (κ1) is 15.5. The molecule has 0 amide bonds. The van der Waals surface area contributed by atoms with Gasteiger partial charge in [-0.1, -0.05) is 66.7 Å². The summed E-state index contributed by atoms with van der Waals surface area (Å²) in [7, 11) is 0. The maximum Gasteiger partial charge on any atom is 0.160 e. The van der Waals surface area contributed by atoms with Crippen LogP contribution in [0.4, 0.5) is 0 Å². The summed E-state index contributed by atoms with van der Waals surface area (Å²) in [6.45, 7) is 0. The third-order valence-corrected chi connectivity index (χ3v) is 4.62. The van der Waals surface area contributed by atoms with Gasteiger partial charge >= 0.3 is 0 Å². The number of hydrogen-bond donors (Lipinski definition) is 0. The van der Waals surface area contributed by atoms with Crippen molar-refractivity contribution in [3.05, 3.63) is 114 Å². The summed E-state index contributed by atoms with van der Waals surface area (Å²) < 4.78 is 0. The van der Waals surface area contributed by atoms with Gasteiger partial charge in [-0.2, -0.15) is 0 Å². The van der Waals surface area contributed by atoms with Gasteiger partial charge in [0.2, 0.25) is 0 Å². The average molecular weight is 346 g/mol. The Bertz CT molecular complexity index is 1180. The highest BCUT2D eigenvalue weighted by molar-refractivity contribution is 6.15. The third-order valence-electron chi connectivity index (χ3n) is 4.62. The number of pyridine rings is 1. The topological polar surface area (TPSA) is 39.4 Å². The Morgan fingerprint density at radius 3 is 2.00 bits per heavy atom. The zero-order chi connectivity index (χ0) is 18.1. The number of rotatable bonds is 3. The van der Waals surface area contributed by atoms with Gasteiger partial charge in [-0.25, -0.2) is 10.3 Å². The van der Waals surface area contributed by atoms with Gasteiger partial charge in [-0.05, 0) is 24.3 Å². The molecule has 0 saturated heterocycles. The third kappa shape index (κ3) is 2.89. The van der Waals surface area contributed by atoms with E-state index >= 15 is 0 Å². The zero-order valence-corrected chi connectivity index (χ0v) is 14.6. The summed E-state index contributed by atoms with van der Waals surface area (Å²) >= 11 is 0. The molecule has 3 aromatic carbocycles. The predicted molar refractivity (Wildman–Crippen MR) is 110 cm³/mol. The van der Waals surface area contributed by atoms with Crippen molar-refractivity contribution in [2.45, 2.75) is 0 Å². The minimum atomic E-state index is 0.735. The number of benzene rings is 3. The largest absolute Gasteiger partial charge is 0.256 e. The molecular weight excluding hydrogens is 330 g/mol. The number of aliphatic imine (C=N–C) groups is 1. The molecule has 2 heterocycles. The molecule has 127 valence electrons. The first-order valence-electron chi connectivity index (χ1n) is 8.89. The van der Waals surface area contributed by atoms with Crippen LogP contribution in [0.2, 0.25) is 0 Å². The Kier molecular flexibility index (Phi) is 3.76.